The first-order valence-electron chi connectivity index (χ1n) is 6.14. The molecule has 0 spiro atoms. The summed E-state index contributed by atoms with van der Waals surface area (Å²) in [5.41, 5.74) is 0. The topological polar surface area (TPSA) is 8.81 Å². The van der Waals surface area contributed by atoms with Gasteiger partial charge in [-0.15, -0.1) is 0 Å². The van der Waals surface area contributed by atoms with Gasteiger partial charge in [0.05, 0.1) is 13.1 Å². The van der Waals surface area contributed by atoms with Crippen LogP contribution in [0.3, 0.4) is 0 Å². The normalized spacial score (nSPS) is 12.8. The third-order valence-corrected chi connectivity index (χ3v) is 2.52. The Balaban J connectivity index is 0.000000494. The first-order chi connectivity index (χ1) is 8.24. The van der Waals surface area contributed by atoms with Crippen LogP contribution < -0.4 is 4.57 Å². The molecule has 1 aromatic heterocycles. The zero-order chi connectivity index (χ0) is 14.2. The average molecular weight is 268 g/mol. The Morgan fingerprint density at radius 2 is 1.78 bits per heavy atom. The molecule has 7 heteroatoms. The van der Waals surface area contributed by atoms with Crippen LogP contribution in [0.2, 0.25) is 0 Å². The van der Waals surface area contributed by atoms with Gasteiger partial charge in [-0.05, 0) is 19.8 Å². The van der Waals surface area contributed by atoms with Crippen molar-refractivity contribution in [3.63, 3.8) is 0 Å². The van der Waals surface area contributed by atoms with E-state index in [0.29, 0.717) is 6.04 Å². The molecule has 1 aromatic rings. The summed E-state index contributed by atoms with van der Waals surface area (Å²) in [6.45, 7) is 4.54. The average Bonchev–Trinajstić information content (AvgIpc) is 2.62. The van der Waals surface area contributed by atoms with Gasteiger partial charge in [0.2, 0.25) is 6.33 Å². The Bertz CT molecular complexity index is 319. The second-order valence-corrected chi connectivity index (χ2v) is 4.37. The van der Waals surface area contributed by atoms with Crippen LogP contribution in [0.5, 0.6) is 0 Å². The third kappa shape index (κ3) is 10.2. The SMILES string of the molecule is CCCCCC(C)[n+]1ccn(C)c1.F[B-](F)(F)F. The maximum absolute atomic E-state index is 9.75. The Labute approximate surface area is 106 Å². The molecule has 0 saturated carbocycles. The lowest BCUT2D eigenvalue weighted by Gasteiger charge is -2.06. The van der Waals surface area contributed by atoms with E-state index in [0.717, 1.165) is 0 Å². The van der Waals surface area contributed by atoms with Gasteiger partial charge in [0.15, 0.2) is 0 Å². The lowest BCUT2D eigenvalue weighted by molar-refractivity contribution is -0.719. The fraction of sp³-hybridized carbons (Fsp3) is 0.727. The summed E-state index contributed by atoms with van der Waals surface area (Å²) in [5.74, 6) is 0. The Morgan fingerprint density at radius 3 is 2.17 bits per heavy atom. The van der Waals surface area contributed by atoms with Gasteiger partial charge >= 0.3 is 7.25 Å². The maximum atomic E-state index is 9.75. The van der Waals surface area contributed by atoms with Gasteiger partial charge in [-0.3, -0.25) is 0 Å². The number of unbranched alkanes of at least 4 members (excludes halogenated alkanes) is 2. The number of nitrogens with zero attached hydrogens (tertiary/aromatic N) is 2. The predicted octanol–water partition coefficient (Wildman–Crippen LogP) is 3.75. The molecule has 1 atom stereocenters. The van der Waals surface area contributed by atoms with Crippen LogP contribution in [0.15, 0.2) is 18.7 Å². The van der Waals surface area contributed by atoms with Crippen molar-refractivity contribution in [2.75, 3.05) is 0 Å². The van der Waals surface area contributed by atoms with Crippen molar-refractivity contribution in [3.05, 3.63) is 18.7 Å². The highest BCUT2D eigenvalue weighted by molar-refractivity contribution is 6.50. The van der Waals surface area contributed by atoms with E-state index >= 15 is 0 Å². The van der Waals surface area contributed by atoms with Crippen molar-refractivity contribution >= 4 is 7.25 Å². The molecule has 1 heterocycles. The van der Waals surface area contributed by atoms with Crippen LogP contribution in [0, 0.1) is 0 Å². The van der Waals surface area contributed by atoms with E-state index in [2.05, 4.69) is 48.8 Å². The molecule has 0 aliphatic carbocycles. The minimum Gasteiger partial charge on any atom is -0.418 e. The van der Waals surface area contributed by atoms with Gasteiger partial charge in [-0.25, -0.2) is 9.13 Å². The van der Waals surface area contributed by atoms with Crippen molar-refractivity contribution < 1.29 is 21.8 Å². The number of hydrogen-bond donors (Lipinski definition) is 0. The summed E-state index contributed by atoms with van der Waals surface area (Å²) in [4.78, 5) is 0. The molecule has 0 aliphatic rings. The molecule has 0 amide bonds. The van der Waals surface area contributed by atoms with Crippen LogP contribution in [0.4, 0.5) is 17.3 Å². The standard InChI is InChI=1S/C11H21N2.BF4/c1-4-5-6-7-11(2)13-9-8-12(3)10-13;2-1(3,4)5/h8-11H,4-7H2,1-3H3;/q+1;-1. The van der Waals surface area contributed by atoms with Crippen molar-refractivity contribution in [3.8, 4) is 0 Å². The van der Waals surface area contributed by atoms with Crippen molar-refractivity contribution in [1.29, 1.82) is 0 Å². The molecule has 1 unspecified atom stereocenters. The number of aromatic nitrogens is 2. The highest BCUT2D eigenvalue weighted by Crippen LogP contribution is 2.08. The van der Waals surface area contributed by atoms with Gasteiger partial charge in [0.25, 0.3) is 0 Å². The molecule has 0 fully saturated rings. The molecule has 18 heavy (non-hydrogen) atoms. The Hall–Kier alpha value is -1.01. The van der Waals surface area contributed by atoms with Crippen LogP contribution in [-0.2, 0) is 7.05 Å². The van der Waals surface area contributed by atoms with Gasteiger partial charge in [0.1, 0.15) is 12.4 Å². The van der Waals surface area contributed by atoms with Crippen LogP contribution in [0.25, 0.3) is 0 Å². The summed E-state index contributed by atoms with van der Waals surface area (Å²) in [6, 6.07) is 0.646. The van der Waals surface area contributed by atoms with E-state index in [1.165, 1.54) is 25.7 Å². The molecule has 0 N–H and O–H groups in total. The lowest BCUT2D eigenvalue weighted by Crippen LogP contribution is -2.35. The van der Waals surface area contributed by atoms with E-state index in [4.69, 9.17) is 0 Å². The Kier molecular flexibility index (Phi) is 7.70. The highest BCUT2D eigenvalue weighted by Gasteiger charge is 2.20. The van der Waals surface area contributed by atoms with E-state index in [-0.39, 0.29) is 0 Å². The van der Waals surface area contributed by atoms with E-state index in [1.807, 2.05) is 0 Å². The van der Waals surface area contributed by atoms with Gasteiger partial charge < -0.3 is 17.3 Å². The summed E-state index contributed by atoms with van der Waals surface area (Å²) < 4.78 is 43.4. The summed E-state index contributed by atoms with van der Waals surface area (Å²) in [6.07, 6.45) is 11.7. The summed E-state index contributed by atoms with van der Waals surface area (Å²) >= 11 is 0. The number of imidazole rings is 1. The highest BCUT2D eigenvalue weighted by atomic mass is 19.5. The maximum Gasteiger partial charge on any atom is 0.673 e. The second-order valence-electron chi connectivity index (χ2n) is 4.37. The molecule has 2 nitrogen and oxygen atoms in total. The zero-order valence-corrected chi connectivity index (χ0v) is 11.1. The Morgan fingerprint density at radius 1 is 1.22 bits per heavy atom. The molecule has 0 aromatic carbocycles. The fourth-order valence-electron chi connectivity index (χ4n) is 1.57. The minimum absolute atomic E-state index is 0.646. The van der Waals surface area contributed by atoms with E-state index < -0.39 is 7.25 Å². The molecular formula is C11H21BF4N2. The molecule has 0 aliphatic heterocycles. The summed E-state index contributed by atoms with van der Waals surface area (Å²) in [7, 11) is -3.94. The van der Waals surface area contributed by atoms with Crippen molar-refractivity contribution in [2.45, 2.75) is 45.6 Å². The molecule has 0 bridgehead atoms. The van der Waals surface area contributed by atoms with Gasteiger partial charge in [0, 0.05) is 0 Å². The largest absolute Gasteiger partial charge is 0.673 e. The zero-order valence-electron chi connectivity index (χ0n) is 11.1. The van der Waals surface area contributed by atoms with E-state index in [1.54, 1.807) is 0 Å². The molecule has 0 saturated heterocycles. The molecule has 106 valence electrons. The predicted molar refractivity (Wildman–Crippen MR) is 64.6 cm³/mol. The first kappa shape index (κ1) is 17.0. The van der Waals surface area contributed by atoms with Crippen LogP contribution in [-0.4, -0.2) is 11.8 Å². The third-order valence-electron chi connectivity index (χ3n) is 2.52. The van der Waals surface area contributed by atoms with Gasteiger partial charge in [-0.1, -0.05) is 19.8 Å². The fourth-order valence-corrected chi connectivity index (χ4v) is 1.57. The molecule has 1 rings (SSSR count). The smallest absolute Gasteiger partial charge is 0.418 e. The minimum atomic E-state index is -6.00. The van der Waals surface area contributed by atoms with E-state index in [9.17, 15) is 17.3 Å². The van der Waals surface area contributed by atoms with Crippen LogP contribution >= 0.6 is 0 Å². The summed E-state index contributed by atoms with van der Waals surface area (Å²) in [5, 5.41) is 0. The molecule has 0 radical (unpaired) electrons. The van der Waals surface area contributed by atoms with Crippen molar-refractivity contribution in [2.24, 2.45) is 7.05 Å². The number of aryl methyl sites for hydroxylation is 1. The number of halogens is 4. The lowest BCUT2D eigenvalue weighted by atomic mass is 10.1. The number of rotatable bonds is 5. The monoisotopic (exact) mass is 268 g/mol. The quantitative estimate of drug-likeness (QED) is 0.333. The first-order valence-corrected chi connectivity index (χ1v) is 6.14. The van der Waals surface area contributed by atoms with Crippen LogP contribution in [0.1, 0.15) is 45.6 Å². The second kappa shape index (κ2) is 8.16. The van der Waals surface area contributed by atoms with Crippen molar-refractivity contribution in [1.82, 2.24) is 4.57 Å². The van der Waals surface area contributed by atoms with Gasteiger partial charge in [-0.2, -0.15) is 0 Å². The number of hydrogen-bond acceptors (Lipinski definition) is 0. The molecular weight excluding hydrogens is 247 g/mol.